The second-order valence-electron chi connectivity index (χ2n) is 4.35. The molecule has 0 atom stereocenters. The molecule has 0 aliphatic heterocycles. The molecule has 1 aromatic carbocycles. The second kappa shape index (κ2) is 6.28. The van der Waals surface area contributed by atoms with E-state index in [1.807, 2.05) is 19.3 Å². The summed E-state index contributed by atoms with van der Waals surface area (Å²) in [6.07, 6.45) is 3.74. The lowest BCUT2D eigenvalue weighted by Gasteiger charge is -2.06. The molecule has 0 amide bonds. The van der Waals surface area contributed by atoms with Gasteiger partial charge in [-0.1, -0.05) is 24.3 Å². The van der Waals surface area contributed by atoms with Gasteiger partial charge in [-0.25, -0.2) is 0 Å². The Morgan fingerprint density at radius 1 is 1.11 bits per heavy atom. The molecule has 0 unspecified atom stereocenters. The minimum absolute atomic E-state index is 0.174. The lowest BCUT2D eigenvalue weighted by Crippen LogP contribution is -2.17. The Morgan fingerprint density at radius 3 is 2.56 bits per heavy atom. The summed E-state index contributed by atoms with van der Waals surface area (Å²) in [4.78, 5) is 4.20. The van der Waals surface area contributed by atoms with Crippen molar-refractivity contribution in [2.75, 3.05) is 13.2 Å². The molecule has 94 valence electrons. The van der Waals surface area contributed by atoms with Gasteiger partial charge in [-0.3, -0.25) is 4.98 Å². The normalized spacial score (nSPS) is 10.6. The highest BCUT2D eigenvalue weighted by atomic mass is 16.3. The number of aliphatic hydroxyl groups excluding tert-OH is 1. The third-order valence-corrected chi connectivity index (χ3v) is 2.78. The van der Waals surface area contributed by atoms with Gasteiger partial charge in [0.1, 0.15) is 0 Å². The van der Waals surface area contributed by atoms with Gasteiger partial charge < -0.3 is 10.4 Å². The first-order valence-electron chi connectivity index (χ1n) is 6.12. The van der Waals surface area contributed by atoms with Gasteiger partial charge in [0.25, 0.3) is 0 Å². The Labute approximate surface area is 108 Å². The molecular formula is C15H18N2O. The Hall–Kier alpha value is -1.71. The number of pyridine rings is 1. The maximum Gasteiger partial charge on any atom is 0.0556 e. The number of rotatable bonds is 5. The summed E-state index contributed by atoms with van der Waals surface area (Å²) in [6.45, 7) is 3.63. The molecule has 2 N–H and O–H groups in total. The van der Waals surface area contributed by atoms with Crippen LogP contribution in [0.25, 0.3) is 11.1 Å². The molecule has 3 heteroatoms. The van der Waals surface area contributed by atoms with Crippen molar-refractivity contribution in [2.24, 2.45) is 0 Å². The number of hydrogen-bond acceptors (Lipinski definition) is 3. The third-order valence-electron chi connectivity index (χ3n) is 2.78. The molecule has 2 rings (SSSR count). The van der Waals surface area contributed by atoms with Crippen molar-refractivity contribution in [1.82, 2.24) is 10.3 Å². The minimum Gasteiger partial charge on any atom is -0.395 e. The van der Waals surface area contributed by atoms with E-state index < -0.39 is 0 Å². The molecule has 0 saturated heterocycles. The largest absolute Gasteiger partial charge is 0.395 e. The van der Waals surface area contributed by atoms with Crippen molar-refractivity contribution in [3.63, 3.8) is 0 Å². The van der Waals surface area contributed by atoms with Crippen LogP contribution in [0.15, 0.2) is 42.7 Å². The fourth-order valence-corrected chi connectivity index (χ4v) is 1.84. The lowest BCUT2D eigenvalue weighted by molar-refractivity contribution is 0.292. The van der Waals surface area contributed by atoms with Crippen molar-refractivity contribution in [2.45, 2.75) is 13.5 Å². The number of nitrogens with zero attached hydrogens (tertiary/aromatic N) is 1. The highest BCUT2D eigenvalue weighted by Gasteiger charge is 1.99. The van der Waals surface area contributed by atoms with E-state index in [-0.39, 0.29) is 6.61 Å². The molecule has 1 aromatic heterocycles. The number of aromatic nitrogens is 1. The van der Waals surface area contributed by atoms with Gasteiger partial charge in [0, 0.05) is 31.0 Å². The molecule has 0 aliphatic rings. The van der Waals surface area contributed by atoms with Gasteiger partial charge >= 0.3 is 0 Å². The summed E-state index contributed by atoms with van der Waals surface area (Å²) in [5.74, 6) is 0. The zero-order valence-electron chi connectivity index (χ0n) is 10.6. The molecule has 0 fully saturated rings. The number of benzene rings is 1. The molecule has 0 spiro atoms. The second-order valence-corrected chi connectivity index (χ2v) is 4.35. The van der Waals surface area contributed by atoms with Gasteiger partial charge in [-0.05, 0) is 29.7 Å². The van der Waals surface area contributed by atoms with Crippen LogP contribution in [-0.2, 0) is 6.54 Å². The topological polar surface area (TPSA) is 45.2 Å². The number of nitrogens with one attached hydrogen (secondary N) is 1. The number of hydrogen-bond donors (Lipinski definition) is 2. The van der Waals surface area contributed by atoms with E-state index in [1.54, 1.807) is 0 Å². The van der Waals surface area contributed by atoms with E-state index in [0.717, 1.165) is 12.1 Å². The summed E-state index contributed by atoms with van der Waals surface area (Å²) in [5.41, 5.74) is 4.70. The average Bonchev–Trinajstić information content (AvgIpc) is 2.40. The SMILES string of the molecule is Cc1cncc(-c2ccc(CNCCO)cc2)c1. The molecular weight excluding hydrogens is 224 g/mol. The molecule has 0 bridgehead atoms. The first kappa shape index (κ1) is 12.7. The van der Waals surface area contributed by atoms with E-state index in [2.05, 4.69) is 40.6 Å². The Morgan fingerprint density at radius 2 is 1.89 bits per heavy atom. The Kier molecular flexibility index (Phi) is 4.45. The fraction of sp³-hybridized carbons (Fsp3) is 0.267. The summed E-state index contributed by atoms with van der Waals surface area (Å²) in [7, 11) is 0. The van der Waals surface area contributed by atoms with Crippen LogP contribution in [0.4, 0.5) is 0 Å². The maximum atomic E-state index is 8.69. The van der Waals surface area contributed by atoms with Crippen molar-refractivity contribution in [3.8, 4) is 11.1 Å². The van der Waals surface area contributed by atoms with Crippen LogP contribution in [0.5, 0.6) is 0 Å². The predicted octanol–water partition coefficient (Wildman–Crippen LogP) is 2.14. The molecule has 0 saturated carbocycles. The van der Waals surface area contributed by atoms with E-state index in [0.29, 0.717) is 6.54 Å². The molecule has 0 aliphatic carbocycles. The molecule has 3 nitrogen and oxygen atoms in total. The first-order chi connectivity index (χ1) is 8.79. The van der Waals surface area contributed by atoms with Crippen molar-refractivity contribution in [3.05, 3.63) is 53.9 Å². The van der Waals surface area contributed by atoms with Gasteiger partial charge in [-0.2, -0.15) is 0 Å². The summed E-state index contributed by atoms with van der Waals surface area (Å²) in [5, 5.41) is 11.9. The van der Waals surface area contributed by atoms with Crippen LogP contribution in [0.1, 0.15) is 11.1 Å². The Bertz CT molecular complexity index is 494. The van der Waals surface area contributed by atoms with Gasteiger partial charge in [0.15, 0.2) is 0 Å². The van der Waals surface area contributed by atoms with Crippen LogP contribution in [0.2, 0.25) is 0 Å². The van der Waals surface area contributed by atoms with Crippen LogP contribution in [-0.4, -0.2) is 23.2 Å². The minimum atomic E-state index is 0.174. The van der Waals surface area contributed by atoms with Crippen LogP contribution < -0.4 is 5.32 Å². The smallest absolute Gasteiger partial charge is 0.0556 e. The predicted molar refractivity (Wildman–Crippen MR) is 73.2 cm³/mol. The van der Waals surface area contributed by atoms with Crippen molar-refractivity contribution < 1.29 is 5.11 Å². The first-order valence-corrected chi connectivity index (χ1v) is 6.12. The molecule has 18 heavy (non-hydrogen) atoms. The van der Waals surface area contributed by atoms with E-state index in [1.165, 1.54) is 16.7 Å². The van der Waals surface area contributed by atoms with Crippen LogP contribution in [0.3, 0.4) is 0 Å². The van der Waals surface area contributed by atoms with Crippen LogP contribution in [0, 0.1) is 6.92 Å². The summed E-state index contributed by atoms with van der Waals surface area (Å²) in [6, 6.07) is 10.5. The average molecular weight is 242 g/mol. The van der Waals surface area contributed by atoms with Crippen molar-refractivity contribution in [1.29, 1.82) is 0 Å². The van der Waals surface area contributed by atoms with E-state index >= 15 is 0 Å². The summed E-state index contributed by atoms with van der Waals surface area (Å²) >= 11 is 0. The standard InChI is InChI=1S/C15H18N2O/c1-12-8-15(11-17-9-12)14-4-2-13(3-5-14)10-16-6-7-18/h2-5,8-9,11,16,18H,6-7,10H2,1H3. The summed E-state index contributed by atoms with van der Waals surface area (Å²) < 4.78 is 0. The van der Waals surface area contributed by atoms with Gasteiger partial charge in [-0.15, -0.1) is 0 Å². The molecule has 2 aromatic rings. The van der Waals surface area contributed by atoms with Crippen LogP contribution >= 0.6 is 0 Å². The molecule has 0 radical (unpaired) electrons. The zero-order chi connectivity index (χ0) is 12.8. The maximum absolute atomic E-state index is 8.69. The third kappa shape index (κ3) is 3.39. The van der Waals surface area contributed by atoms with Gasteiger partial charge in [0.05, 0.1) is 6.61 Å². The highest BCUT2D eigenvalue weighted by molar-refractivity contribution is 5.63. The van der Waals surface area contributed by atoms with Crippen molar-refractivity contribution >= 4 is 0 Å². The van der Waals surface area contributed by atoms with E-state index in [4.69, 9.17) is 5.11 Å². The van der Waals surface area contributed by atoms with E-state index in [9.17, 15) is 0 Å². The Balaban J connectivity index is 2.07. The monoisotopic (exact) mass is 242 g/mol. The lowest BCUT2D eigenvalue weighted by atomic mass is 10.0. The molecule has 1 heterocycles. The zero-order valence-corrected chi connectivity index (χ0v) is 10.6. The highest BCUT2D eigenvalue weighted by Crippen LogP contribution is 2.19. The number of aliphatic hydroxyl groups is 1. The number of aryl methyl sites for hydroxylation is 1. The quantitative estimate of drug-likeness (QED) is 0.790. The van der Waals surface area contributed by atoms with Gasteiger partial charge in [0.2, 0.25) is 0 Å². The fourth-order valence-electron chi connectivity index (χ4n) is 1.84.